The number of rotatable bonds is 5. The highest BCUT2D eigenvalue weighted by Gasteiger charge is 2.15. The zero-order chi connectivity index (χ0) is 16.3. The van der Waals surface area contributed by atoms with Crippen LogP contribution < -0.4 is 4.80 Å². The Bertz CT molecular complexity index is 743. The number of carboxylic acids is 1. The molecule has 1 aromatic carbocycles. The number of carboxylic acid groups (broad SMARTS) is 1. The van der Waals surface area contributed by atoms with E-state index >= 15 is 0 Å². The van der Waals surface area contributed by atoms with Gasteiger partial charge in [0.05, 0.1) is 11.6 Å². The first-order valence-corrected chi connectivity index (χ1v) is 8.27. The maximum Gasteiger partial charge on any atom is 0.310 e. The van der Waals surface area contributed by atoms with Gasteiger partial charge < -0.3 is 9.67 Å². The number of nitrogens with zero attached hydrogens (tertiary/aromatic N) is 2. The van der Waals surface area contributed by atoms with E-state index in [4.69, 9.17) is 4.99 Å². The highest BCUT2D eigenvalue weighted by Crippen LogP contribution is 2.26. The fraction of sp³-hybridized carbons (Fsp3) is 0.412. The van der Waals surface area contributed by atoms with E-state index in [9.17, 15) is 9.90 Å². The second kappa shape index (κ2) is 6.92. The van der Waals surface area contributed by atoms with Gasteiger partial charge in [0, 0.05) is 18.1 Å². The van der Waals surface area contributed by atoms with Crippen molar-refractivity contribution in [2.45, 2.75) is 39.5 Å². The predicted octanol–water partition coefficient (Wildman–Crippen LogP) is 3.77. The predicted molar refractivity (Wildman–Crippen MR) is 89.7 cm³/mol. The molecule has 118 valence electrons. The van der Waals surface area contributed by atoms with E-state index in [2.05, 4.69) is 20.0 Å². The summed E-state index contributed by atoms with van der Waals surface area (Å²) in [5.74, 6) is -1.29. The lowest BCUT2D eigenvalue weighted by molar-refractivity contribution is -0.138. The molecule has 1 N–H and O–H groups in total. The molecule has 1 heterocycles. The number of carbonyl (C=O) groups is 1. The molecule has 1 unspecified atom stereocenters. The molecular weight excluding hydrogens is 296 g/mol. The van der Waals surface area contributed by atoms with E-state index in [1.807, 2.05) is 29.8 Å². The van der Waals surface area contributed by atoms with Crippen molar-refractivity contribution < 1.29 is 9.90 Å². The zero-order valence-electron chi connectivity index (χ0n) is 13.5. The van der Waals surface area contributed by atoms with Crippen molar-refractivity contribution in [2.75, 3.05) is 0 Å². The van der Waals surface area contributed by atoms with Crippen molar-refractivity contribution in [3.8, 4) is 0 Å². The average molecular weight is 318 g/mol. The smallest absolute Gasteiger partial charge is 0.310 e. The summed E-state index contributed by atoms with van der Waals surface area (Å²) in [5, 5.41) is 9.17. The van der Waals surface area contributed by atoms with Crippen molar-refractivity contribution in [3.63, 3.8) is 0 Å². The number of aliphatic carboxylic acids is 1. The summed E-state index contributed by atoms with van der Waals surface area (Å²) in [7, 11) is 1.99. The molecule has 2 rings (SSSR count). The molecular formula is C17H22N2O2S. The molecule has 5 heteroatoms. The number of benzene rings is 1. The van der Waals surface area contributed by atoms with Crippen LogP contribution in [-0.2, 0) is 18.3 Å². The first kappa shape index (κ1) is 16.5. The van der Waals surface area contributed by atoms with Crippen molar-refractivity contribution in [1.82, 2.24) is 4.57 Å². The molecule has 0 spiro atoms. The molecule has 0 aliphatic carbocycles. The fourth-order valence-electron chi connectivity index (χ4n) is 2.37. The van der Waals surface area contributed by atoms with Gasteiger partial charge >= 0.3 is 5.97 Å². The lowest BCUT2D eigenvalue weighted by atomic mass is 9.96. The van der Waals surface area contributed by atoms with Crippen LogP contribution in [0.15, 0.2) is 29.4 Å². The standard InChI is InChI=1S/C17H22N2O2S/c1-5-6-14-9-13(12(3)16(20)21)7-8-15(14)18-17-19(4)10-11(2)22-17/h7-10,12H,5-6H2,1-4H3,(H,20,21). The Morgan fingerprint density at radius 2 is 2.18 bits per heavy atom. The molecule has 0 saturated heterocycles. The molecule has 0 aliphatic rings. The normalized spacial score (nSPS) is 13.4. The summed E-state index contributed by atoms with van der Waals surface area (Å²) in [6.45, 7) is 5.90. The van der Waals surface area contributed by atoms with E-state index in [0.29, 0.717) is 0 Å². The second-order valence-electron chi connectivity index (χ2n) is 5.55. The Balaban J connectivity index is 2.50. The SMILES string of the molecule is CCCc1cc(C(C)C(=O)O)ccc1N=c1sc(C)cn1C. The van der Waals surface area contributed by atoms with Crippen molar-refractivity contribution in [1.29, 1.82) is 0 Å². The van der Waals surface area contributed by atoms with Gasteiger partial charge in [0.15, 0.2) is 4.80 Å². The molecule has 0 radical (unpaired) electrons. The molecule has 0 aliphatic heterocycles. The quantitative estimate of drug-likeness (QED) is 0.912. The van der Waals surface area contributed by atoms with Crippen molar-refractivity contribution in [3.05, 3.63) is 45.2 Å². The van der Waals surface area contributed by atoms with Gasteiger partial charge in [0.25, 0.3) is 0 Å². The second-order valence-corrected chi connectivity index (χ2v) is 6.76. The lowest BCUT2D eigenvalue weighted by Gasteiger charge is -2.11. The first-order chi connectivity index (χ1) is 10.4. The van der Waals surface area contributed by atoms with Crippen LogP contribution in [0.25, 0.3) is 0 Å². The van der Waals surface area contributed by atoms with Gasteiger partial charge in [-0.2, -0.15) is 0 Å². The molecule has 1 atom stereocenters. The molecule has 22 heavy (non-hydrogen) atoms. The topological polar surface area (TPSA) is 54.6 Å². The molecule has 0 amide bonds. The monoisotopic (exact) mass is 318 g/mol. The van der Waals surface area contributed by atoms with E-state index in [0.717, 1.165) is 34.5 Å². The molecule has 1 aromatic heterocycles. The van der Waals surface area contributed by atoms with Gasteiger partial charge in [-0.1, -0.05) is 25.5 Å². The Hall–Kier alpha value is -1.88. The number of thiazole rings is 1. The Morgan fingerprint density at radius 1 is 1.45 bits per heavy atom. The van der Waals surface area contributed by atoms with Crippen LogP contribution in [0.3, 0.4) is 0 Å². The van der Waals surface area contributed by atoms with Crippen molar-refractivity contribution >= 4 is 23.0 Å². The van der Waals surface area contributed by atoms with Gasteiger partial charge in [-0.25, -0.2) is 4.99 Å². The van der Waals surface area contributed by atoms with Gasteiger partial charge in [-0.3, -0.25) is 4.79 Å². The summed E-state index contributed by atoms with van der Waals surface area (Å²) in [4.78, 5) is 18.1. The van der Waals surface area contributed by atoms with E-state index in [1.54, 1.807) is 18.3 Å². The Morgan fingerprint density at radius 3 is 2.73 bits per heavy atom. The van der Waals surface area contributed by atoms with E-state index in [1.165, 1.54) is 4.88 Å². The summed E-state index contributed by atoms with van der Waals surface area (Å²) in [6, 6.07) is 5.80. The highest BCUT2D eigenvalue weighted by atomic mass is 32.1. The number of hydrogen-bond donors (Lipinski definition) is 1. The number of hydrogen-bond acceptors (Lipinski definition) is 3. The van der Waals surface area contributed by atoms with Gasteiger partial charge in [-0.15, -0.1) is 11.3 Å². The Labute approximate surface area is 134 Å². The van der Waals surface area contributed by atoms with Gasteiger partial charge in [0.1, 0.15) is 0 Å². The van der Waals surface area contributed by atoms with Crippen LogP contribution in [0.1, 0.15) is 42.2 Å². The Kier molecular flexibility index (Phi) is 5.19. The molecule has 0 fully saturated rings. The summed E-state index contributed by atoms with van der Waals surface area (Å²) in [6.07, 6.45) is 3.96. The zero-order valence-corrected chi connectivity index (χ0v) is 14.3. The minimum absolute atomic E-state index is 0.496. The van der Waals surface area contributed by atoms with Crippen LogP contribution in [-0.4, -0.2) is 15.6 Å². The largest absolute Gasteiger partial charge is 0.481 e. The fourth-order valence-corrected chi connectivity index (χ4v) is 3.21. The molecule has 0 bridgehead atoms. The van der Waals surface area contributed by atoms with E-state index < -0.39 is 11.9 Å². The maximum atomic E-state index is 11.2. The van der Waals surface area contributed by atoms with Crippen LogP contribution in [0, 0.1) is 6.92 Å². The maximum absolute atomic E-state index is 11.2. The van der Waals surface area contributed by atoms with Crippen LogP contribution in [0.4, 0.5) is 5.69 Å². The third-order valence-corrected chi connectivity index (χ3v) is 4.63. The summed E-state index contributed by atoms with van der Waals surface area (Å²) in [5.41, 5.74) is 2.88. The minimum atomic E-state index is -0.799. The lowest BCUT2D eigenvalue weighted by Crippen LogP contribution is -2.09. The number of aryl methyl sites for hydroxylation is 3. The molecule has 0 saturated carbocycles. The molecule has 4 nitrogen and oxygen atoms in total. The van der Waals surface area contributed by atoms with Gasteiger partial charge in [-0.05, 0) is 37.5 Å². The summed E-state index contributed by atoms with van der Waals surface area (Å²) >= 11 is 1.65. The van der Waals surface area contributed by atoms with E-state index in [-0.39, 0.29) is 0 Å². The van der Waals surface area contributed by atoms with Gasteiger partial charge in [0.2, 0.25) is 0 Å². The van der Waals surface area contributed by atoms with Crippen LogP contribution in [0.5, 0.6) is 0 Å². The van der Waals surface area contributed by atoms with Crippen molar-refractivity contribution in [2.24, 2.45) is 12.0 Å². The number of aromatic nitrogens is 1. The first-order valence-electron chi connectivity index (χ1n) is 7.45. The van der Waals surface area contributed by atoms with Crippen LogP contribution in [0.2, 0.25) is 0 Å². The average Bonchev–Trinajstić information content (AvgIpc) is 2.78. The van der Waals surface area contributed by atoms with Crippen LogP contribution >= 0.6 is 11.3 Å². The highest BCUT2D eigenvalue weighted by molar-refractivity contribution is 7.09. The third-order valence-electron chi connectivity index (χ3n) is 3.64. The minimum Gasteiger partial charge on any atom is -0.481 e. The summed E-state index contributed by atoms with van der Waals surface area (Å²) < 4.78 is 2.02. The molecule has 2 aromatic rings. The third kappa shape index (κ3) is 3.65.